The van der Waals surface area contributed by atoms with Crippen LogP contribution in [-0.4, -0.2) is 78.9 Å². The first kappa shape index (κ1) is 31.5. The van der Waals surface area contributed by atoms with E-state index in [4.69, 9.17) is 28.4 Å². The molecule has 0 N–H and O–H groups in total. The van der Waals surface area contributed by atoms with E-state index in [0.717, 1.165) is 25.7 Å². The average Bonchev–Trinajstić information content (AvgIpc) is 3.04. The van der Waals surface area contributed by atoms with Gasteiger partial charge in [-0.3, -0.25) is 0 Å². The van der Waals surface area contributed by atoms with Crippen LogP contribution in [-0.2, 0) is 48.1 Å². The van der Waals surface area contributed by atoms with E-state index in [1.807, 2.05) is 0 Å². The molecule has 0 saturated carbocycles. The summed E-state index contributed by atoms with van der Waals surface area (Å²) in [6.45, 7) is 0. The summed E-state index contributed by atoms with van der Waals surface area (Å²) in [5.41, 5.74) is -1.55. The van der Waals surface area contributed by atoms with Crippen LogP contribution in [0.3, 0.4) is 0 Å². The van der Waals surface area contributed by atoms with Crippen molar-refractivity contribution in [2.24, 2.45) is 0 Å². The van der Waals surface area contributed by atoms with Gasteiger partial charge in [0, 0.05) is 27.1 Å². The Morgan fingerprint density at radius 3 is 1.19 bits per heavy atom. The van der Waals surface area contributed by atoms with Gasteiger partial charge in [0.05, 0.1) is 34.2 Å². The maximum atomic E-state index is 12.6. The van der Waals surface area contributed by atoms with E-state index >= 15 is 0 Å². The maximum Gasteiger partial charge on any atom is 0.205 e. The third-order valence-corrected chi connectivity index (χ3v) is 12.2. The van der Waals surface area contributed by atoms with E-state index in [9.17, 15) is 16.8 Å². The molecule has 4 saturated heterocycles. The molecule has 2 aromatic rings. The quantitative estimate of drug-likeness (QED) is 0.461. The van der Waals surface area contributed by atoms with Crippen molar-refractivity contribution in [2.75, 3.05) is 14.2 Å². The lowest BCUT2D eigenvalue weighted by Gasteiger charge is -2.41. The summed E-state index contributed by atoms with van der Waals surface area (Å²) in [6.07, 6.45) is 4.43. The van der Waals surface area contributed by atoms with Crippen LogP contribution in [0.25, 0.3) is 0 Å². The van der Waals surface area contributed by atoms with E-state index in [1.165, 1.54) is 0 Å². The van der Waals surface area contributed by atoms with E-state index in [1.54, 1.807) is 74.9 Å². The number of rotatable bonds is 6. The van der Waals surface area contributed by atoms with Gasteiger partial charge in [-0.2, -0.15) is 0 Å². The fraction of sp³-hybridized carbons (Fsp3) is 0.600. The molecule has 4 fully saturated rings. The largest absolute Gasteiger partial charge is 0.356 e. The molecule has 0 bridgehead atoms. The van der Waals surface area contributed by atoms with Crippen LogP contribution < -0.4 is 0 Å². The monoisotopic (exact) mass is 624 g/mol. The van der Waals surface area contributed by atoms with Crippen LogP contribution >= 0.6 is 0 Å². The molecule has 4 heterocycles. The Morgan fingerprint density at radius 2 is 0.833 bits per heavy atom. The van der Waals surface area contributed by atoms with Crippen LogP contribution in [0.4, 0.5) is 0 Å². The lowest BCUT2D eigenvalue weighted by atomic mass is 9.98. The smallest absolute Gasteiger partial charge is 0.205 e. The van der Waals surface area contributed by atoms with E-state index in [0.29, 0.717) is 35.5 Å². The minimum atomic E-state index is -3.44. The topological polar surface area (TPSA) is 124 Å². The van der Waals surface area contributed by atoms with Gasteiger partial charge in [0.1, 0.15) is 0 Å². The fourth-order valence-electron chi connectivity index (χ4n) is 5.95. The second-order valence-corrected chi connectivity index (χ2v) is 15.1. The summed E-state index contributed by atoms with van der Waals surface area (Å²) < 4.78 is 84.0. The number of hydrogen-bond acceptors (Lipinski definition) is 10. The molecule has 0 aliphatic carbocycles. The predicted octanol–water partition coefficient (Wildman–Crippen LogP) is 4.23. The third kappa shape index (κ3) is 7.07. The van der Waals surface area contributed by atoms with Crippen LogP contribution in [0.15, 0.2) is 70.5 Å². The minimum Gasteiger partial charge on any atom is -0.356 e. The number of methoxy groups -OCH3 is 2. The van der Waals surface area contributed by atoms with E-state index in [-0.39, 0.29) is 37.0 Å². The van der Waals surface area contributed by atoms with Crippen molar-refractivity contribution >= 4 is 19.7 Å². The highest BCUT2D eigenvalue weighted by Gasteiger charge is 2.43. The average molecular weight is 625 g/mol. The fourth-order valence-corrected chi connectivity index (χ4v) is 9.10. The Balaban J connectivity index is 0.000000168. The second kappa shape index (κ2) is 13.8. The molecule has 4 aliphatic rings. The molecule has 0 spiro atoms. The van der Waals surface area contributed by atoms with E-state index in [2.05, 4.69) is 0 Å². The van der Waals surface area contributed by atoms with Crippen molar-refractivity contribution in [3.63, 3.8) is 0 Å². The molecule has 6 rings (SSSR count). The van der Waals surface area contributed by atoms with E-state index < -0.39 is 30.5 Å². The van der Waals surface area contributed by atoms with Gasteiger partial charge in [0.15, 0.2) is 23.5 Å². The van der Waals surface area contributed by atoms with Crippen molar-refractivity contribution in [1.82, 2.24) is 0 Å². The van der Waals surface area contributed by atoms with Gasteiger partial charge in [0.25, 0.3) is 0 Å². The second-order valence-electron chi connectivity index (χ2n) is 10.9. The van der Waals surface area contributed by atoms with Crippen LogP contribution in [0.2, 0.25) is 0 Å². The standard InChI is InChI=1S/2C15H20O5S/c2*1-18-14-9-7-13-12(19-14)8-10-15(20-13)21(16,17)11-5-3-2-4-6-11/h2*2-6,12-15H,7-10H2,1H3/t2*12-,13-,14+,15-/m11/s1. The number of fused-ring (bicyclic) bond motifs is 2. The Kier molecular flexibility index (Phi) is 10.4. The Bertz CT molecular complexity index is 1250. The first-order valence-electron chi connectivity index (χ1n) is 14.5. The van der Waals surface area contributed by atoms with Crippen LogP contribution in [0.5, 0.6) is 0 Å². The summed E-state index contributed by atoms with van der Waals surface area (Å²) in [4.78, 5) is 0.639. The summed E-state index contributed by atoms with van der Waals surface area (Å²) in [5, 5.41) is 0. The molecular formula is C30H40O10S2. The lowest BCUT2D eigenvalue weighted by molar-refractivity contribution is -0.238. The number of benzene rings is 2. The zero-order valence-corrected chi connectivity index (χ0v) is 25.6. The van der Waals surface area contributed by atoms with Crippen LogP contribution in [0.1, 0.15) is 51.4 Å². The minimum absolute atomic E-state index is 0.0640. The van der Waals surface area contributed by atoms with Crippen molar-refractivity contribution in [3.8, 4) is 0 Å². The van der Waals surface area contributed by atoms with Crippen molar-refractivity contribution in [1.29, 1.82) is 0 Å². The van der Waals surface area contributed by atoms with Gasteiger partial charge < -0.3 is 28.4 Å². The van der Waals surface area contributed by atoms with Gasteiger partial charge in [-0.25, -0.2) is 16.8 Å². The van der Waals surface area contributed by atoms with Crippen LogP contribution in [0, 0.1) is 0 Å². The normalized spacial score (nSPS) is 33.4. The Labute approximate surface area is 248 Å². The number of ether oxygens (including phenoxy) is 6. The number of hydrogen-bond donors (Lipinski definition) is 0. The van der Waals surface area contributed by atoms with Gasteiger partial charge in [-0.1, -0.05) is 36.4 Å². The summed E-state index contributed by atoms with van der Waals surface area (Å²) >= 11 is 0. The summed E-state index contributed by atoms with van der Waals surface area (Å²) in [7, 11) is -3.64. The maximum absolute atomic E-state index is 12.6. The molecule has 2 aromatic carbocycles. The zero-order valence-electron chi connectivity index (χ0n) is 23.9. The summed E-state index contributed by atoms with van der Waals surface area (Å²) in [6, 6.07) is 17.0. The van der Waals surface area contributed by atoms with Gasteiger partial charge >= 0.3 is 0 Å². The highest BCUT2D eigenvalue weighted by molar-refractivity contribution is 7.92. The first-order valence-corrected chi connectivity index (χ1v) is 17.6. The molecule has 0 unspecified atom stereocenters. The zero-order chi connectivity index (χ0) is 29.7. The molecule has 42 heavy (non-hydrogen) atoms. The van der Waals surface area contributed by atoms with Gasteiger partial charge in [-0.05, 0) is 62.8 Å². The molecule has 8 atom stereocenters. The first-order chi connectivity index (χ1) is 20.2. The number of sulfone groups is 2. The van der Waals surface area contributed by atoms with Crippen molar-refractivity contribution in [3.05, 3.63) is 60.7 Å². The summed E-state index contributed by atoms with van der Waals surface area (Å²) in [5.74, 6) is 0. The van der Waals surface area contributed by atoms with Crippen molar-refractivity contribution in [2.45, 2.75) is 109 Å². The third-order valence-electron chi connectivity index (χ3n) is 8.24. The highest BCUT2D eigenvalue weighted by atomic mass is 32.2. The predicted molar refractivity (Wildman–Crippen MR) is 153 cm³/mol. The SMILES string of the molecule is CO[C@@H]1CC[C@H]2O[C@H](S(=O)(=O)c3ccccc3)CC[C@H]2O1.CO[C@@H]1CC[C@H]2O[C@H](S(=O)(=O)c3ccccc3)CC[C@H]2O1. The Hall–Kier alpha value is -1.90. The molecule has 0 aromatic heterocycles. The molecule has 10 nitrogen and oxygen atoms in total. The molecule has 4 aliphatic heterocycles. The van der Waals surface area contributed by atoms with Gasteiger partial charge in [-0.15, -0.1) is 0 Å². The Morgan fingerprint density at radius 1 is 0.500 bits per heavy atom. The molecular weight excluding hydrogens is 584 g/mol. The molecule has 12 heteroatoms. The molecule has 232 valence electrons. The molecule has 0 amide bonds. The highest BCUT2D eigenvalue weighted by Crippen LogP contribution is 2.36. The van der Waals surface area contributed by atoms with Crippen molar-refractivity contribution < 1.29 is 45.3 Å². The lowest BCUT2D eigenvalue weighted by Crippen LogP contribution is -2.48. The van der Waals surface area contributed by atoms with Gasteiger partial charge in [0.2, 0.25) is 19.7 Å². The molecule has 0 radical (unpaired) electrons.